The van der Waals surface area contributed by atoms with Crippen molar-refractivity contribution in [2.24, 2.45) is 0 Å². The first kappa shape index (κ1) is 14.9. The van der Waals surface area contributed by atoms with Gasteiger partial charge in [0.05, 0.1) is 0 Å². The highest BCUT2D eigenvalue weighted by Crippen LogP contribution is 2.30. The summed E-state index contributed by atoms with van der Waals surface area (Å²) in [6.45, 7) is 5.79. The monoisotopic (exact) mass is 295 g/mol. The summed E-state index contributed by atoms with van der Waals surface area (Å²) in [5, 5.41) is 0.628. The Morgan fingerprint density at radius 3 is 2.60 bits per heavy atom. The van der Waals surface area contributed by atoms with E-state index in [4.69, 9.17) is 5.73 Å². The van der Waals surface area contributed by atoms with Crippen molar-refractivity contribution in [3.63, 3.8) is 0 Å². The van der Waals surface area contributed by atoms with E-state index in [0.29, 0.717) is 11.1 Å². The van der Waals surface area contributed by atoms with Crippen LogP contribution in [0.15, 0.2) is 29.3 Å². The molecule has 0 unspecified atom stereocenters. The molecule has 3 N–H and O–H groups in total. The van der Waals surface area contributed by atoms with Gasteiger partial charge in [-0.2, -0.15) is 4.31 Å². The smallest absolute Gasteiger partial charge is 0.245 e. The van der Waals surface area contributed by atoms with E-state index in [1.807, 2.05) is 20.8 Å². The second kappa shape index (κ2) is 4.79. The summed E-state index contributed by atoms with van der Waals surface area (Å²) in [4.78, 5) is 3.25. The number of aromatic nitrogens is 1. The van der Waals surface area contributed by atoms with Gasteiger partial charge in [-0.25, -0.2) is 8.42 Å². The van der Waals surface area contributed by atoms with Crippen molar-refractivity contribution in [3.05, 3.63) is 24.4 Å². The Hall–Kier alpha value is -1.53. The van der Waals surface area contributed by atoms with E-state index in [1.165, 1.54) is 10.5 Å². The maximum absolute atomic E-state index is 12.8. The van der Waals surface area contributed by atoms with Gasteiger partial charge in [0.2, 0.25) is 10.0 Å². The third-order valence-electron chi connectivity index (χ3n) is 4.02. The fourth-order valence-corrected chi connectivity index (χ4v) is 3.75. The quantitative estimate of drug-likeness (QED) is 0.851. The van der Waals surface area contributed by atoms with Gasteiger partial charge in [-0.05, 0) is 38.5 Å². The fraction of sp³-hybridized carbons (Fsp3) is 0.429. The van der Waals surface area contributed by atoms with E-state index < -0.39 is 15.6 Å². The number of benzene rings is 1. The van der Waals surface area contributed by atoms with Crippen molar-refractivity contribution in [2.75, 3.05) is 12.8 Å². The number of sulfonamides is 1. The summed E-state index contributed by atoms with van der Waals surface area (Å²) in [6.07, 6.45) is 2.26. The van der Waals surface area contributed by atoms with E-state index in [-0.39, 0.29) is 4.90 Å². The van der Waals surface area contributed by atoms with Crippen LogP contribution in [0.4, 0.5) is 5.69 Å². The molecule has 110 valence electrons. The van der Waals surface area contributed by atoms with Gasteiger partial charge < -0.3 is 10.7 Å². The molecule has 5 nitrogen and oxygen atoms in total. The number of hydrogen-bond donors (Lipinski definition) is 2. The Labute approximate surface area is 119 Å². The zero-order valence-corrected chi connectivity index (χ0v) is 13.1. The SMILES string of the molecule is CCC(C)(C)N(C)S(=O)(=O)c1c[nH]c2ccc(N)cc12. The summed E-state index contributed by atoms with van der Waals surface area (Å²) >= 11 is 0. The molecule has 0 spiro atoms. The molecule has 0 bridgehead atoms. The van der Waals surface area contributed by atoms with Gasteiger partial charge >= 0.3 is 0 Å². The molecule has 1 heterocycles. The third kappa shape index (κ3) is 2.29. The van der Waals surface area contributed by atoms with Crippen LogP contribution < -0.4 is 5.73 Å². The Balaban J connectivity index is 2.61. The molecule has 1 aromatic heterocycles. The molecular weight excluding hydrogens is 274 g/mol. The van der Waals surface area contributed by atoms with Crippen LogP contribution in [0, 0.1) is 0 Å². The molecule has 0 aliphatic carbocycles. The topological polar surface area (TPSA) is 79.2 Å². The minimum atomic E-state index is -3.56. The van der Waals surface area contributed by atoms with Crippen molar-refractivity contribution < 1.29 is 8.42 Å². The van der Waals surface area contributed by atoms with Crippen LogP contribution in [0.25, 0.3) is 10.9 Å². The highest BCUT2D eigenvalue weighted by atomic mass is 32.2. The number of hydrogen-bond acceptors (Lipinski definition) is 3. The van der Waals surface area contributed by atoms with Crippen LogP contribution >= 0.6 is 0 Å². The van der Waals surface area contributed by atoms with Gasteiger partial charge in [-0.3, -0.25) is 0 Å². The lowest BCUT2D eigenvalue weighted by molar-refractivity contribution is 0.257. The molecule has 2 aromatic rings. The van der Waals surface area contributed by atoms with Crippen molar-refractivity contribution in [3.8, 4) is 0 Å². The number of nitrogen functional groups attached to an aromatic ring is 1. The van der Waals surface area contributed by atoms with Crippen LogP contribution in [0.1, 0.15) is 27.2 Å². The van der Waals surface area contributed by atoms with Crippen LogP contribution in [0.5, 0.6) is 0 Å². The lowest BCUT2D eigenvalue weighted by atomic mass is 10.0. The highest BCUT2D eigenvalue weighted by molar-refractivity contribution is 7.89. The Morgan fingerprint density at radius 1 is 1.35 bits per heavy atom. The molecule has 0 atom stereocenters. The van der Waals surface area contributed by atoms with E-state index in [9.17, 15) is 8.42 Å². The summed E-state index contributed by atoms with van der Waals surface area (Å²) in [5.41, 5.74) is 6.63. The molecule has 0 radical (unpaired) electrons. The normalized spacial score (nSPS) is 13.2. The number of nitrogens with one attached hydrogen (secondary N) is 1. The molecule has 2 rings (SSSR count). The number of nitrogens with zero attached hydrogens (tertiary/aromatic N) is 1. The lowest BCUT2D eigenvalue weighted by Crippen LogP contribution is -2.44. The molecule has 6 heteroatoms. The highest BCUT2D eigenvalue weighted by Gasteiger charge is 2.34. The van der Waals surface area contributed by atoms with Gasteiger partial charge in [-0.15, -0.1) is 0 Å². The number of fused-ring (bicyclic) bond motifs is 1. The molecule has 0 saturated heterocycles. The maximum atomic E-state index is 12.8. The molecule has 0 saturated carbocycles. The predicted octanol–water partition coefficient (Wildman–Crippen LogP) is 2.56. The van der Waals surface area contributed by atoms with Gasteiger partial charge in [0.1, 0.15) is 4.90 Å². The molecule has 0 fully saturated rings. The second-order valence-corrected chi connectivity index (χ2v) is 7.53. The average Bonchev–Trinajstić information content (AvgIpc) is 2.81. The summed E-state index contributed by atoms with van der Waals surface area (Å²) in [7, 11) is -1.95. The Morgan fingerprint density at radius 2 is 2.00 bits per heavy atom. The van der Waals surface area contributed by atoms with Gasteiger partial charge in [0.25, 0.3) is 0 Å². The number of anilines is 1. The second-order valence-electron chi connectivity index (χ2n) is 5.60. The van der Waals surface area contributed by atoms with Crippen molar-refractivity contribution in [2.45, 2.75) is 37.6 Å². The predicted molar refractivity (Wildman–Crippen MR) is 82.0 cm³/mol. The molecule has 1 aromatic carbocycles. The number of aromatic amines is 1. The molecule has 0 aliphatic rings. The molecule has 20 heavy (non-hydrogen) atoms. The zero-order valence-electron chi connectivity index (χ0n) is 12.3. The first-order chi connectivity index (χ1) is 9.20. The van der Waals surface area contributed by atoms with Gasteiger partial charge in [-0.1, -0.05) is 6.92 Å². The van der Waals surface area contributed by atoms with E-state index in [1.54, 1.807) is 25.2 Å². The van der Waals surface area contributed by atoms with Crippen LogP contribution in [-0.2, 0) is 10.0 Å². The molecule has 0 aliphatic heterocycles. The largest absolute Gasteiger partial charge is 0.399 e. The minimum Gasteiger partial charge on any atom is -0.399 e. The number of rotatable bonds is 4. The average molecular weight is 295 g/mol. The zero-order chi connectivity index (χ0) is 15.1. The number of nitrogens with two attached hydrogens (primary N) is 1. The summed E-state index contributed by atoms with van der Waals surface area (Å²) < 4.78 is 27.0. The van der Waals surface area contributed by atoms with Crippen molar-refractivity contribution >= 4 is 26.6 Å². The fourth-order valence-electron chi connectivity index (χ4n) is 2.02. The molecule has 0 amide bonds. The summed E-state index contributed by atoms with van der Waals surface area (Å²) in [6, 6.07) is 5.22. The van der Waals surface area contributed by atoms with E-state index >= 15 is 0 Å². The van der Waals surface area contributed by atoms with Crippen LogP contribution in [0.3, 0.4) is 0 Å². The summed E-state index contributed by atoms with van der Waals surface area (Å²) in [5.74, 6) is 0. The van der Waals surface area contributed by atoms with Gasteiger partial charge in [0, 0.05) is 35.4 Å². The van der Waals surface area contributed by atoms with Crippen molar-refractivity contribution in [1.82, 2.24) is 9.29 Å². The Bertz CT molecular complexity index is 732. The van der Waals surface area contributed by atoms with Crippen LogP contribution in [0.2, 0.25) is 0 Å². The van der Waals surface area contributed by atoms with E-state index in [0.717, 1.165) is 11.9 Å². The minimum absolute atomic E-state index is 0.267. The first-order valence-corrected chi connectivity index (χ1v) is 8.00. The van der Waals surface area contributed by atoms with Crippen molar-refractivity contribution in [1.29, 1.82) is 0 Å². The maximum Gasteiger partial charge on any atom is 0.245 e. The standard InChI is InChI=1S/C14H21N3O2S/c1-5-14(2,3)17(4)20(18,19)13-9-16-12-7-6-10(15)8-11(12)13/h6-9,16H,5,15H2,1-4H3. The van der Waals surface area contributed by atoms with Gasteiger partial charge in [0.15, 0.2) is 0 Å². The Kier molecular flexibility index (Phi) is 3.56. The first-order valence-electron chi connectivity index (χ1n) is 6.56. The third-order valence-corrected chi connectivity index (χ3v) is 6.13. The lowest BCUT2D eigenvalue weighted by Gasteiger charge is -2.33. The molecular formula is C14H21N3O2S. The number of H-pyrrole nitrogens is 1. The van der Waals surface area contributed by atoms with E-state index in [2.05, 4.69) is 4.98 Å². The van der Waals surface area contributed by atoms with Crippen LogP contribution in [-0.4, -0.2) is 30.3 Å².